The van der Waals surface area contributed by atoms with Crippen LogP contribution in [-0.2, 0) is 27.9 Å². The predicted octanol–water partition coefficient (Wildman–Crippen LogP) is 0.333. The van der Waals surface area contributed by atoms with Crippen LogP contribution >= 0.6 is 0 Å². The van der Waals surface area contributed by atoms with Gasteiger partial charge in [0.2, 0.25) is 15.9 Å². The van der Waals surface area contributed by atoms with Gasteiger partial charge in [-0.2, -0.15) is 5.10 Å². The lowest BCUT2D eigenvalue weighted by atomic mass is 10.1. The topological polar surface area (TPSA) is 84.3 Å². The van der Waals surface area contributed by atoms with E-state index in [9.17, 15) is 13.2 Å². The number of aromatic nitrogens is 2. The molecule has 2 heterocycles. The molecule has 1 aliphatic carbocycles. The maximum Gasteiger partial charge on any atom is 0.223 e. The van der Waals surface area contributed by atoms with Gasteiger partial charge in [0, 0.05) is 31.7 Å². The van der Waals surface area contributed by atoms with Crippen LogP contribution in [0.5, 0.6) is 0 Å². The summed E-state index contributed by atoms with van der Waals surface area (Å²) in [4.78, 5) is 14.4. The molecule has 2 aliphatic rings. The van der Waals surface area contributed by atoms with Gasteiger partial charge in [0.25, 0.3) is 0 Å². The van der Waals surface area contributed by atoms with Crippen molar-refractivity contribution in [3.8, 4) is 0 Å². The first-order valence-electron chi connectivity index (χ1n) is 7.67. The van der Waals surface area contributed by atoms with Crippen LogP contribution in [0.15, 0.2) is 12.3 Å². The van der Waals surface area contributed by atoms with Gasteiger partial charge in [-0.15, -0.1) is 0 Å². The monoisotopic (exact) mass is 326 g/mol. The molecule has 1 amide bonds. The Morgan fingerprint density at radius 3 is 2.86 bits per heavy atom. The van der Waals surface area contributed by atoms with E-state index >= 15 is 0 Å². The molecule has 0 saturated heterocycles. The van der Waals surface area contributed by atoms with E-state index < -0.39 is 10.0 Å². The first-order chi connectivity index (χ1) is 10.4. The fourth-order valence-corrected chi connectivity index (χ4v) is 3.36. The number of amides is 1. The van der Waals surface area contributed by atoms with Gasteiger partial charge in [-0.1, -0.05) is 0 Å². The number of carbonyl (C=O) groups is 1. The van der Waals surface area contributed by atoms with Crippen LogP contribution in [0.3, 0.4) is 0 Å². The third-order valence-corrected chi connectivity index (χ3v) is 5.00. The van der Waals surface area contributed by atoms with E-state index in [1.165, 1.54) is 0 Å². The summed E-state index contributed by atoms with van der Waals surface area (Å²) in [6.07, 6.45) is 6.42. The molecule has 1 aliphatic heterocycles. The standard InChI is InChI=1S/C14H22N4O3S/c1-22(20,21)16-9-12-5-7-18-13(4-6-15-18)10-17(12)14(19)8-11-2-3-11/h4,6,11-12,16H,2-3,5,7-10H2,1H3/t12-/m0/s1. The molecule has 1 aromatic rings. The van der Waals surface area contributed by atoms with Crippen molar-refractivity contribution in [1.82, 2.24) is 19.4 Å². The van der Waals surface area contributed by atoms with E-state index in [1.807, 2.05) is 15.6 Å². The van der Waals surface area contributed by atoms with Crippen LogP contribution in [0.4, 0.5) is 0 Å². The number of nitrogens with zero attached hydrogens (tertiary/aromatic N) is 3. The molecule has 22 heavy (non-hydrogen) atoms. The number of aryl methyl sites for hydroxylation is 1. The minimum atomic E-state index is -3.26. The SMILES string of the molecule is CS(=O)(=O)NC[C@@H]1CCn2nccc2CN1C(=O)CC1CC1. The molecule has 0 unspecified atom stereocenters. The number of sulfonamides is 1. The largest absolute Gasteiger partial charge is 0.332 e. The van der Waals surface area contributed by atoms with Gasteiger partial charge in [-0.3, -0.25) is 9.48 Å². The number of fused-ring (bicyclic) bond motifs is 1. The van der Waals surface area contributed by atoms with Gasteiger partial charge in [-0.05, 0) is 31.2 Å². The second kappa shape index (κ2) is 6.00. The lowest BCUT2D eigenvalue weighted by Crippen LogP contribution is -2.46. The van der Waals surface area contributed by atoms with Crippen LogP contribution in [0.1, 0.15) is 31.4 Å². The number of carbonyl (C=O) groups excluding carboxylic acids is 1. The summed E-state index contributed by atoms with van der Waals surface area (Å²) in [5.41, 5.74) is 1.01. The number of rotatable bonds is 5. The highest BCUT2D eigenvalue weighted by atomic mass is 32.2. The molecule has 8 heteroatoms. The van der Waals surface area contributed by atoms with Gasteiger partial charge in [-0.25, -0.2) is 13.1 Å². The van der Waals surface area contributed by atoms with Crippen LogP contribution in [0, 0.1) is 5.92 Å². The molecular formula is C14H22N4O3S. The van der Waals surface area contributed by atoms with Crippen molar-refractivity contribution in [1.29, 1.82) is 0 Å². The summed E-state index contributed by atoms with van der Waals surface area (Å²) in [7, 11) is -3.26. The third kappa shape index (κ3) is 3.86. The van der Waals surface area contributed by atoms with Gasteiger partial charge in [0.15, 0.2) is 0 Å². The van der Waals surface area contributed by atoms with Gasteiger partial charge >= 0.3 is 0 Å². The minimum Gasteiger partial charge on any atom is -0.332 e. The Morgan fingerprint density at radius 2 is 2.18 bits per heavy atom. The Balaban J connectivity index is 1.75. The van der Waals surface area contributed by atoms with Crippen molar-refractivity contribution in [2.24, 2.45) is 5.92 Å². The van der Waals surface area contributed by atoms with Crippen molar-refractivity contribution in [2.45, 2.75) is 44.8 Å². The molecular weight excluding hydrogens is 304 g/mol. The van der Waals surface area contributed by atoms with Crippen LogP contribution < -0.4 is 4.72 Å². The zero-order valence-corrected chi connectivity index (χ0v) is 13.6. The highest BCUT2D eigenvalue weighted by molar-refractivity contribution is 7.88. The van der Waals surface area contributed by atoms with E-state index in [2.05, 4.69) is 9.82 Å². The highest BCUT2D eigenvalue weighted by Crippen LogP contribution is 2.33. The van der Waals surface area contributed by atoms with Crippen LogP contribution in [0.25, 0.3) is 0 Å². The fraction of sp³-hybridized carbons (Fsp3) is 0.714. The maximum absolute atomic E-state index is 12.6. The van der Waals surface area contributed by atoms with Crippen molar-refractivity contribution in [3.05, 3.63) is 18.0 Å². The lowest BCUT2D eigenvalue weighted by Gasteiger charge is -2.30. The molecule has 1 N–H and O–H groups in total. The quantitative estimate of drug-likeness (QED) is 0.845. The van der Waals surface area contributed by atoms with Crippen molar-refractivity contribution in [3.63, 3.8) is 0 Å². The van der Waals surface area contributed by atoms with Crippen LogP contribution in [0.2, 0.25) is 0 Å². The zero-order chi connectivity index (χ0) is 15.7. The third-order valence-electron chi connectivity index (χ3n) is 4.31. The molecule has 122 valence electrons. The molecule has 3 rings (SSSR count). The van der Waals surface area contributed by atoms with E-state index in [0.717, 1.165) is 24.8 Å². The Hall–Kier alpha value is -1.41. The Morgan fingerprint density at radius 1 is 1.41 bits per heavy atom. The zero-order valence-electron chi connectivity index (χ0n) is 12.7. The molecule has 1 saturated carbocycles. The van der Waals surface area contributed by atoms with E-state index in [4.69, 9.17) is 0 Å². The summed E-state index contributed by atoms with van der Waals surface area (Å²) in [6.45, 7) is 1.47. The average Bonchev–Trinajstić information content (AvgIpc) is 3.17. The predicted molar refractivity (Wildman–Crippen MR) is 81.4 cm³/mol. The molecule has 0 aromatic carbocycles. The smallest absolute Gasteiger partial charge is 0.223 e. The Kier molecular flexibility index (Phi) is 4.22. The van der Waals surface area contributed by atoms with Crippen molar-refractivity contribution >= 4 is 15.9 Å². The summed E-state index contributed by atoms with van der Waals surface area (Å²) in [5, 5.41) is 4.27. The molecule has 1 atom stereocenters. The Bertz CT molecular complexity index is 651. The molecule has 7 nitrogen and oxygen atoms in total. The van der Waals surface area contributed by atoms with Crippen molar-refractivity contribution < 1.29 is 13.2 Å². The highest BCUT2D eigenvalue weighted by Gasteiger charge is 2.32. The summed E-state index contributed by atoms with van der Waals surface area (Å²) < 4.78 is 27.2. The molecule has 0 bridgehead atoms. The van der Waals surface area contributed by atoms with E-state index in [1.54, 1.807) is 6.20 Å². The first kappa shape index (κ1) is 15.5. The number of hydrogen-bond acceptors (Lipinski definition) is 4. The van der Waals surface area contributed by atoms with E-state index in [0.29, 0.717) is 31.8 Å². The van der Waals surface area contributed by atoms with Crippen LogP contribution in [-0.4, -0.2) is 47.8 Å². The summed E-state index contributed by atoms with van der Waals surface area (Å²) >= 11 is 0. The molecule has 0 radical (unpaired) electrons. The molecule has 1 fully saturated rings. The van der Waals surface area contributed by atoms with Crippen molar-refractivity contribution in [2.75, 3.05) is 12.8 Å². The minimum absolute atomic E-state index is 0.123. The molecule has 0 spiro atoms. The second-order valence-corrected chi connectivity index (χ2v) is 8.11. The second-order valence-electron chi connectivity index (χ2n) is 6.28. The number of hydrogen-bond donors (Lipinski definition) is 1. The lowest BCUT2D eigenvalue weighted by molar-refractivity contribution is -0.134. The average molecular weight is 326 g/mol. The summed E-state index contributed by atoms with van der Waals surface area (Å²) in [6, 6.07) is 1.80. The first-order valence-corrected chi connectivity index (χ1v) is 9.56. The Labute approximate surface area is 130 Å². The summed E-state index contributed by atoms with van der Waals surface area (Å²) in [5.74, 6) is 0.640. The van der Waals surface area contributed by atoms with Gasteiger partial charge in [0.1, 0.15) is 0 Å². The van der Waals surface area contributed by atoms with Gasteiger partial charge < -0.3 is 4.90 Å². The molecule has 1 aromatic heterocycles. The fourth-order valence-electron chi connectivity index (χ4n) is 2.86. The number of nitrogens with one attached hydrogen (secondary N) is 1. The van der Waals surface area contributed by atoms with E-state index in [-0.39, 0.29) is 18.5 Å². The maximum atomic E-state index is 12.6. The normalized spacial score (nSPS) is 22.2. The van der Waals surface area contributed by atoms with Gasteiger partial charge in [0.05, 0.1) is 18.5 Å².